The summed E-state index contributed by atoms with van der Waals surface area (Å²) in [6.07, 6.45) is 2.86. The highest BCUT2D eigenvalue weighted by Crippen LogP contribution is 2.43. The number of carbonyl (C=O) groups is 1. The van der Waals surface area contributed by atoms with E-state index in [-0.39, 0.29) is 0 Å². The Labute approximate surface area is 203 Å². The molecule has 3 rings (SSSR count). The molecule has 0 saturated carbocycles. The fourth-order valence-corrected chi connectivity index (χ4v) is 7.51. The van der Waals surface area contributed by atoms with Crippen LogP contribution < -0.4 is 16.0 Å². The Balaban J connectivity index is 1.79. The molecule has 168 valence electrons. The van der Waals surface area contributed by atoms with Crippen LogP contribution in [0.25, 0.3) is 0 Å². The van der Waals surface area contributed by atoms with Gasteiger partial charge in [0.15, 0.2) is 0 Å². The zero-order chi connectivity index (χ0) is 22.1. The van der Waals surface area contributed by atoms with Gasteiger partial charge < -0.3 is 16.0 Å². The lowest BCUT2D eigenvalue weighted by atomic mass is 9.96. The Bertz CT molecular complexity index is 808. The highest BCUT2D eigenvalue weighted by molar-refractivity contribution is 7.85. The maximum atomic E-state index is 13.4. The molecule has 1 aromatic rings. The summed E-state index contributed by atoms with van der Waals surface area (Å²) in [7, 11) is -1.46. The first-order valence-electron chi connectivity index (χ1n) is 10.2. The summed E-state index contributed by atoms with van der Waals surface area (Å²) < 4.78 is 14.3. The van der Waals surface area contributed by atoms with E-state index in [0.29, 0.717) is 52.1 Å². The van der Waals surface area contributed by atoms with Crippen LogP contribution in [0.4, 0.5) is 5.69 Å². The maximum absolute atomic E-state index is 13.4. The van der Waals surface area contributed by atoms with Gasteiger partial charge in [0.1, 0.15) is 15.7 Å². The smallest absolute Gasteiger partial charge is 0.237 e. The second-order valence-electron chi connectivity index (χ2n) is 7.75. The van der Waals surface area contributed by atoms with Gasteiger partial charge in [0.25, 0.3) is 0 Å². The van der Waals surface area contributed by atoms with Gasteiger partial charge in [-0.25, -0.2) is 8.51 Å². The van der Waals surface area contributed by atoms with Crippen LogP contribution >= 0.6 is 50.5 Å². The van der Waals surface area contributed by atoms with E-state index in [1.165, 1.54) is 0 Å². The predicted octanol–water partition coefficient (Wildman–Crippen LogP) is 2.19. The molecule has 3 N–H and O–H groups in total. The van der Waals surface area contributed by atoms with E-state index in [9.17, 15) is 9.00 Å². The second kappa shape index (κ2) is 10.3. The van der Waals surface area contributed by atoms with E-state index in [1.807, 2.05) is 4.31 Å². The molecule has 0 aliphatic carbocycles. The Morgan fingerprint density at radius 3 is 2.03 bits per heavy atom. The van der Waals surface area contributed by atoms with Crippen molar-refractivity contribution in [1.29, 1.82) is 0 Å². The topological polar surface area (TPSA) is 78.7 Å². The van der Waals surface area contributed by atoms with Gasteiger partial charge in [0.2, 0.25) is 5.91 Å². The van der Waals surface area contributed by atoms with Crippen LogP contribution in [-0.2, 0) is 22.2 Å². The number of piperazine rings is 1. The molecule has 0 spiro atoms. The number of nitrogens with two attached hydrogens (primary N) is 1. The summed E-state index contributed by atoms with van der Waals surface area (Å²) in [5.41, 5.74) is 7.68. The van der Waals surface area contributed by atoms with E-state index in [0.717, 1.165) is 43.7 Å². The highest BCUT2D eigenvalue weighted by Gasteiger charge is 2.47. The summed E-state index contributed by atoms with van der Waals surface area (Å²) in [6.45, 7) is 5.85. The fraction of sp³-hybridized carbons (Fsp3) is 0.632. The number of thiol groups is 4. The molecule has 1 unspecified atom stereocenters. The zero-order valence-electron chi connectivity index (χ0n) is 17.1. The number of hydrogen-bond donors (Lipinski definition) is 6. The summed E-state index contributed by atoms with van der Waals surface area (Å²) >= 11 is 18.9. The van der Waals surface area contributed by atoms with Gasteiger partial charge in [0.05, 0.1) is 5.69 Å². The molecule has 1 amide bonds. The van der Waals surface area contributed by atoms with Gasteiger partial charge in [0, 0.05) is 45.8 Å². The van der Waals surface area contributed by atoms with Gasteiger partial charge in [-0.1, -0.05) is 13.3 Å². The number of nitrogens with zero attached hydrogens (tertiary/aromatic N) is 2. The van der Waals surface area contributed by atoms with Crippen molar-refractivity contribution in [1.82, 2.24) is 9.62 Å². The van der Waals surface area contributed by atoms with E-state index in [1.54, 1.807) is 0 Å². The van der Waals surface area contributed by atoms with Gasteiger partial charge >= 0.3 is 0 Å². The lowest BCUT2D eigenvalue weighted by Gasteiger charge is -2.42. The monoisotopic (exact) mass is 506 g/mol. The molecule has 0 radical (unpaired) electrons. The van der Waals surface area contributed by atoms with Crippen LogP contribution in [0.15, 0.2) is 19.6 Å². The Hall–Kier alpha value is -0.0400. The summed E-state index contributed by atoms with van der Waals surface area (Å²) in [6, 6.07) is 0. The standard InChI is InChI=1S/C19H30N4O2S5/c1-2-3-12-14(26)16(28)13(17(29)15(12)27)22-8-10-23(11-9-22)30(25)19(18(20)24)4-6-21-7-5-19/h21,26-29H,2-11H2,1H3,(H2,20,24). The van der Waals surface area contributed by atoms with E-state index in [4.69, 9.17) is 56.2 Å². The molecule has 11 heteroatoms. The fourth-order valence-electron chi connectivity index (χ4n) is 4.18. The Kier molecular flexibility index (Phi) is 8.42. The van der Waals surface area contributed by atoms with Gasteiger partial charge in [-0.15, -0.1) is 50.5 Å². The Morgan fingerprint density at radius 1 is 1.03 bits per heavy atom. The minimum absolute atomic E-state index is 0.467. The van der Waals surface area contributed by atoms with Crippen molar-refractivity contribution in [2.45, 2.75) is 56.9 Å². The Morgan fingerprint density at radius 2 is 1.57 bits per heavy atom. The summed E-state index contributed by atoms with van der Waals surface area (Å²) in [5, 5.41) is 3.22. The maximum Gasteiger partial charge on any atom is 0.237 e. The number of rotatable bonds is 6. The molecule has 2 saturated heterocycles. The molecule has 0 bridgehead atoms. The van der Waals surface area contributed by atoms with Gasteiger partial charge in [-0.3, -0.25) is 4.79 Å². The molecule has 2 aliphatic rings. The molecule has 1 atom stereocenters. The molecule has 1 aromatic carbocycles. The highest BCUT2D eigenvalue weighted by atomic mass is 32.2. The molecule has 2 heterocycles. The molecule has 30 heavy (non-hydrogen) atoms. The van der Waals surface area contributed by atoms with E-state index < -0.39 is 21.6 Å². The summed E-state index contributed by atoms with van der Waals surface area (Å²) in [4.78, 5) is 17.7. The van der Waals surface area contributed by atoms with Gasteiger partial charge in [-0.2, -0.15) is 0 Å². The molecular formula is C19H30N4O2S5. The first-order valence-corrected chi connectivity index (χ1v) is 13.0. The van der Waals surface area contributed by atoms with Crippen molar-refractivity contribution in [3.63, 3.8) is 0 Å². The molecule has 2 aliphatic heterocycles. The molecular weight excluding hydrogens is 477 g/mol. The minimum atomic E-state index is -1.46. The summed E-state index contributed by atoms with van der Waals surface area (Å²) in [5.74, 6) is -0.467. The normalized spacial score (nSPS) is 20.9. The molecule has 6 nitrogen and oxygen atoms in total. The van der Waals surface area contributed by atoms with Crippen LogP contribution in [0.1, 0.15) is 31.7 Å². The quantitative estimate of drug-likeness (QED) is 0.335. The van der Waals surface area contributed by atoms with Crippen LogP contribution in [0.3, 0.4) is 0 Å². The number of primary amides is 1. The zero-order valence-corrected chi connectivity index (χ0v) is 21.5. The van der Waals surface area contributed by atoms with Crippen molar-refractivity contribution in [3.05, 3.63) is 5.56 Å². The third-order valence-corrected chi connectivity index (χ3v) is 10.3. The lowest BCUT2D eigenvalue weighted by Crippen LogP contribution is -2.60. The number of piperidine rings is 1. The van der Waals surface area contributed by atoms with Crippen molar-refractivity contribution in [2.24, 2.45) is 5.73 Å². The largest absolute Gasteiger partial charge is 0.368 e. The van der Waals surface area contributed by atoms with Crippen molar-refractivity contribution in [2.75, 3.05) is 44.2 Å². The van der Waals surface area contributed by atoms with Crippen LogP contribution in [-0.4, -0.2) is 58.4 Å². The van der Waals surface area contributed by atoms with Crippen molar-refractivity contribution in [3.8, 4) is 0 Å². The number of carbonyl (C=O) groups excluding carboxylic acids is 1. The number of nitrogens with one attached hydrogen (secondary N) is 1. The van der Waals surface area contributed by atoms with Crippen LogP contribution in [0.2, 0.25) is 0 Å². The van der Waals surface area contributed by atoms with E-state index in [2.05, 4.69) is 17.1 Å². The van der Waals surface area contributed by atoms with E-state index >= 15 is 0 Å². The van der Waals surface area contributed by atoms with Crippen molar-refractivity contribution >= 4 is 73.1 Å². The predicted molar refractivity (Wildman–Crippen MR) is 135 cm³/mol. The number of amides is 1. The van der Waals surface area contributed by atoms with Gasteiger partial charge in [-0.05, 0) is 37.9 Å². The van der Waals surface area contributed by atoms with Crippen LogP contribution in [0, 0.1) is 0 Å². The average Bonchev–Trinajstić information content (AvgIpc) is 2.76. The third-order valence-electron chi connectivity index (χ3n) is 5.95. The first-order chi connectivity index (χ1) is 14.2. The SMILES string of the molecule is CCCc1c(S)c(S)c(N2CCN(S(=O)C3(C(N)=O)CCNCC3)CC2)c(S)c1S. The number of benzene rings is 1. The number of anilines is 1. The molecule has 2 fully saturated rings. The minimum Gasteiger partial charge on any atom is -0.368 e. The first kappa shape index (κ1) is 24.6. The van der Waals surface area contributed by atoms with Crippen LogP contribution in [0.5, 0.6) is 0 Å². The molecule has 0 aromatic heterocycles. The second-order valence-corrected chi connectivity index (χ2v) is 11.3. The van der Waals surface area contributed by atoms with Crippen molar-refractivity contribution < 1.29 is 9.00 Å². The third kappa shape index (κ3) is 4.53. The average molecular weight is 507 g/mol. The lowest BCUT2D eigenvalue weighted by molar-refractivity contribution is -0.121. The number of hydrogen-bond acceptors (Lipinski definition) is 8.